The van der Waals surface area contributed by atoms with E-state index in [9.17, 15) is 24.6 Å². The van der Waals surface area contributed by atoms with Crippen LogP contribution in [0.2, 0.25) is 0 Å². The minimum atomic E-state index is -2.56. The number of hydrogen-bond acceptors (Lipinski definition) is 6. The highest BCUT2D eigenvalue weighted by Crippen LogP contribution is 2.46. The number of ether oxygens (including phenoxy) is 2. The van der Waals surface area contributed by atoms with Gasteiger partial charge in [-0.15, -0.1) is 0 Å². The number of nitrogens with two attached hydrogens (primary N) is 1. The molecule has 24 heavy (non-hydrogen) atoms. The van der Waals surface area contributed by atoms with Gasteiger partial charge in [-0.3, -0.25) is 14.4 Å². The van der Waals surface area contributed by atoms with Crippen LogP contribution in [0, 0.1) is 5.41 Å². The summed E-state index contributed by atoms with van der Waals surface area (Å²) in [4.78, 5) is 35.0. The number of rotatable bonds is 3. The number of carbonyl (C=O) groups is 3. The third-order valence-corrected chi connectivity index (χ3v) is 4.46. The van der Waals surface area contributed by atoms with Gasteiger partial charge in [-0.2, -0.15) is 0 Å². The molecule has 2 heterocycles. The van der Waals surface area contributed by atoms with E-state index in [2.05, 4.69) is 5.32 Å². The molecular weight excluding hydrogens is 320 g/mol. The van der Waals surface area contributed by atoms with E-state index in [0.717, 1.165) is 0 Å². The van der Waals surface area contributed by atoms with E-state index < -0.39 is 52.8 Å². The fraction of sp³-hybridized carbons (Fsp3) is 0.800. The molecule has 0 radical (unpaired) electrons. The van der Waals surface area contributed by atoms with Crippen molar-refractivity contribution < 1.29 is 34.1 Å². The molecule has 5 N–H and O–H groups in total. The Labute approximate surface area is 139 Å². The van der Waals surface area contributed by atoms with Gasteiger partial charge in [0.25, 0.3) is 0 Å². The predicted octanol–water partition coefficient (Wildman–Crippen LogP) is -0.320. The second-order valence-corrected chi connectivity index (χ2v) is 7.93. The Balaban J connectivity index is 2.45. The first kappa shape index (κ1) is 18.6. The van der Waals surface area contributed by atoms with Crippen molar-refractivity contribution in [3.63, 3.8) is 0 Å². The molecular formula is C15H24N2O7. The summed E-state index contributed by atoms with van der Waals surface area (Å²) in [5.41, 5.74) is 1.85. The Hall–Kier alpha value is -1.71. The molecule has 0 aromatic rings. The maximum atomic E-state index is 11.8. The zero-order valence-electron chi connectivity index (χ0n) is 14.2. The predicted molar refractivity (Wildman–Crippen MR) is 81.0 cm³/mol. The number of piperidine rings is 1. The summed E-state index contributed by atoms with van der Waals surface area (Å²) in [6.07, 6.45) is -1.21. The molecule has 0 bridgehead atoms. The first-order valence-electron chi connectivity index (χ1n) is 7.63. The number of hydrogen-bond donors (Lipinski definition) is 4. The average molecular weight is 344 g/mol. The molecule has 2 aliphatic rings. The van der Waals surface area contributed by atoms with Crippen molar-refractivity contribution >= 4 is 17.8 Å². The highest BCUT2D eigenvalue weighted by atomic mass is 16.7. The van der Waals surface area contributed by atoms with Gasteiger partial charge in [-0.05, 0) is 27.7 Å². The first-order chi connectivity index (χ1) is 10.8. The highest BCUT2D eigenvalue weighted by Gasteiger charge is 2.65. The molecule has 2 fully saturated rings. The van der Waals surface area contributed by atoms with Crippen molar-refractivity contribution in [1.82, 2.24) is 5.32 Å². The van der Waals surface area contributed by atoms with E-state index >= 15 is 0 Å². The van der Waals surface area contributed by atoms with Gasteiger partial charge in [0.1, 0.15) is 0 Å². The molecule has 2 aliphatic heterocycles. The average Bonchev–Trinajstić information content (AvgIpc) is 2.33. The molecule has 1 amide bonds. The van der Waals surface area contributed by atoms with E-state index in [0.29, 0.717) is 12.8 Å². The van der Waals surface area contributed by atoms with Crippen LogP contribution in [0.5, 0.6) is 0 Å². The van der Waals surface area contributed by atoms with Gasteiger partial charge in [0.05, 0.1) is 6.61 Å². The van der Waals surface area contributed by atoms with Crippen molar-refractivity contribution in [3.8, 4) is 0 Å². The van der Waals surface area contributed by atoms with Crippen molar-refractivity contribution in [2.75, 3.05) is 6.61 Å². The van der Waals surface area contributed by atoms with Gasteiger partial charge in [0, 0.05) is 23.9 Å². The molecule has 1 atom stereocenters. The minimum Gasteiger partial charge on any atom is -0.480 e. The third kappa shape index (κ3) is 2.99. The fourth-order valence-corrected chi connectivity index (χ4v) is 4.01. The number of carbonyl (C=O) groups excluding carboxylic acids is 1. The lowest BCUT2D eigenvalue weighted by Crippen LogP contribution is -2.71. The molecule has 136 valence electrons. The molecule has 0 aromatic carbocycles. The number of carboxylic acids is 2. The lowest BCUT2D eigenvalue weighted by Gasteiger charge is -2.56. The van der Waals surface area contributed by atoms with Crippen LogP contribution < -0.4 is 11.1 Å². The summed E-state index contributed by atoms with van der Waals surface area (Å²) in [6, 6.07) is 0. The fourth-order valence-electron chi connectivity index (χ4n) is 4.01. The lowest BCUT2D eigenvalue weighted by atomic mass is 9.75. The van der Waals surface area contributed by atoms with Crippen LogP contribution in [0.15, 0.2) is 0 Å². The van der Waals surface area contributed by atoms with Crippen LogP contribution in [0.3, 0.4) is 0 Å². The molecule has 0 saturated carbocycles. The normalized spacial score (nSPS) is 29.8. The number of amides is 1. The third-order valence-electron chi connectivity index (χ3n) is 4.46. The molecule has 9 heteroatoms. The number of aliphatic carboxylic acids is 2. The van der Waals surface area contributed by atoms with E-state index in [1.807, 2.05) is 27.7 Å². The number of nitrogens with one attached hydrogen (secondary N) is 1. The van der Waals surface area contributed by atoms with Crippen molar-refractivity contribution in [2.24, 2.45) is 11.1 Å². The summed E-state index contributed by atoms with van der Waals surface area (Å²) < 4.78 is 11.4. The van der Waals surface area contributed by atoms with Gasteiger partial charge in [0.15, 0.2) is 11.9 Å². The van der Waals surface area contributed by atoms with Crippen LogP contribution in [0.1, 0.15) is 40.5 Å². The quantitative estimate of drug-likeness (QED) is 0.509. The summed E-state index contributed by atoms with van der Waals surface area (Å²) in [5.74, 6) is -5.87. The summed E-state index contributed by atoms with van der Waals surface area (Å²) >= 11 is 0. The van der Waals surface area contributed by atoms with Gasteiger partial charge < -0.3 is 30.7 Å². The Bertz CT molecular complexity index is 554. The Morgan fingerprint density at radius 3 is 1.88 bits per heavy atom. The maximum Gasteiger partial charge on any atom is 0.326 e. The Morgan fingerprint density at radius 1 is 1.04 bits per heavy atom. The summed E-state index contributed by atoms with van der Waals surface area (Å²) in [5, 5.41) is 22.2. The monoisotopic (exact) mass is 344 g/mol. The second kappa shape index (κ2) is 5.40. The molecule has 1 unspecified atom stereocenters. The number of carboxylic acid groups (broad SMARTS) is 2. The lowest BCUT2D eigenvalue weighted by molar-refractivity contribution is -0.340. The van der Waals surface area contributed by atoms with Crippen molar-refractivity contribution in [1.29, 1.82) is 0 Å². The van der Waals surface area contributed by atoms with Crippen LogP contribution in [-0.4, -0.2) is 57.6 Å². The van der Waals surface area contributed by atoms with Gasteiger partial charge >= 0.3 is 11.9 Å². The molecule has 0 aromatic heterocycles. The van der Waals surface area contributed by atoms with Gasteiger partial charge in [0.2, 0.25) is 11.3 Å². The van der Waals surface area contributed by atoms with Crippen molar-refractivity contribution in [3.05, 3.63) is 0 Å². The largest absolute Gasteiger partial charge is 0.480 e. The molecule has 2 rings (SSSR count). The Morgan fingerprint density at radius 2 is 1.50 bits per heavy atom. The molecule has 1 spiro atoms. The van der Waals surface area contributed by atoms with E-state index in [-0.39, 0.29) is 0 Å². The van der Waals surface area contributed by atoms with Crippen LogP contribution in [0.4, 0.5) is 0 Å². The van der Waals surface area contributed by atoms with E-state index in [1.54, 1.807) is 0 Å². The number of primary amides is 1. The zero-order valence-corrected chi connectivity index (χ0v) is 14.2. The van der Waals surface area contributed by atoms with Crippen molar-refractivity contribution in [2.45, 2.75) is 63.5 Å². The molecule has 0 aliphatic carbocycles. The molecule has 9 nitrogen and oxygen atoms in total. The van der Waals surface area contributed by atoms with Gasteiger partial charge in [-0.1, -0.05) is 0 Å². The minimum absolute atomic E-state index is 0.308. The standard InChI is InChI=1S/C15H24N2O7/c1-12(2)5-14(6-13(3,4)17-12)23-7-15(10(19)20,11(21)22)8(24-14)9(16)18/h8,17H,5-7H2,1-4H3,(H2,16,18)(H,19,20)(H,21,22). The van der Waals surface area contributed by atoms with E-state index in [4.69, 9.17) is 15.2 Å². The summed E-state index contributed by atoms with van der Waals surface area (Å²) in [7, 11) is 0. The smallest absolute Gasteiger partial charge is 0.326 e. The first-order valence-corrected chi connectivity index (χ1v) is 7.63. The van der Waals surface area contributed by atoms with Crippen LogP contribution in [-0.2, 0) is 23.9 Å². The Kier molecular flexibility index (Phi) is 4.19. The van der Waals surface area contributed by atoms with E-state index in [1.165, 1.54) is 0 Å². The maximum absolute atomic E-state index is 11.8. The van der Waals surface area contributed by atoms with Crippen LogP contribution >= 0.6 is 0 Å². The summed E-state index contributed by atoms with van der Waals surface area (Å²) in [6.45, 7) is 6.96. The zero-order chi connectivity index (χ0) is 18.6. The second-order valence-electron chi connectivity index (χ2n) is 7.93. The van der Waals surface area contributed by atoms with Gasteiger partial charge in [-0.25, -0.2) is 0 Å². The molecule has 2 saturated heterocycles. The SMILES string of the molecule is CC1(C)CC2(CC(C)(C)N1)OCC(C(=O)O)(C(=O)O)C(C(N)=O)O2. The van der Waals surface area contributed by atoms with Crippen LogP contribution in [0.25, 0.3) is 0 Å². The highest BCUT2D eigenvalue weighted by molar-refractivity contribution is 6.04. The topological polar surface area (TPSA) is 148 Å².